The summed E-state index contributed by atoms with van der Waals surface area (Å²) < 4.78 is 2.05. The third kappa shape index (κ3) is 3.22. The van der Waals surface area contributed by atoms with E-state index in [9.17, 15) is 0 Å². The van der Waals surface area contributed by atoms with Crippen molar-refractivity contribution in [2.45, 2.75) is 31.8 Å². The van der Waals surface area contributed by atoms with Crippen molar-refractivity contribution in [3.63, 3.8) is 0 Å². The van der Waals surface area contributed by atoms with Gasteiger partial charge in [-0.05, 0) is 48.6 Å². The zero-order valence-corrected chi connectivity index (χ0v) is 13.6. The fourth-order valence-electron chi connectivity index (χ4n) is 2.62. The second-order valence-corrected chi connectivity index (χ2v) is 7.57. The van der Waals surface area contributed by atoms with Gasteiger partial charge in [-0.2, -0.15) is 0 Å². The van der Waals surface area contributed by atoms with Gasteiger partial charge in [0, 0.05) is 21.9 Å². The number of rotatable bonds is 3. The first-order chi connectivity index (χ1) is 9.22. The van der Waals surface area contributed by atoms with E-state index in [2.05, 4.69) is 51.6 Å². The van der Waals surface area contributed by atoms with Gasteiger partial charge in [-0.25, -0.2) is 0 Å². The predicted octanol–water partition coefficient (Wildman–Crippen LogP) is 5.33. The molecule has 1 heterocycles. The Balaban J connectivity index is 1.71. The second kappa shape index (κ2) is 5.96. The van der Waals surface area contributed by atoms with Crippen LogP contribution in [0.5, 0.6) is 0 Å². The van der Waals surface area contributed by atoms with Crippen molar-refractivity contribution in [1.82, 2.24) is 5.32 Å². The topological polar surface area (TPSA) is 12.0 Å². The van der Waals surface area contributed by atoms with Crippen LogP contribution in [0, 0.1) is 0 Å². The van der Waals surface area contributed by atoms with Crippen molar-refractivity contribution in [1.29, 1.82) is 0 Å². The Hall–Kier alpha value is -0.350. The van der Waals surface area contributed by atoms with E-state index in [-0.39, 0.29) is 0 Å². The minimum atomic E-state index is 0.450. The molecule has 0 fully saturated rings. The minimum absolute atomic E-state index is 0.450. The molecule has 4 heteroatoms. The number of thiophene rings is 1. The molecule has 1 unspecified atom stereocenters. The maximum atomic E-state index is 6.14. The van der Waals surface area contributed by atoms with Gasteiger partial charge in [0.05, 0.1) is 4.34 Å². The standard InChI is InChI=1S/C15H15BrClNS/c16-11-4-1-3-10(7-11)9-18-13-5-2-6-14-12(13)8-15(17)19-14/h1,3-4,7-8,13,18H,2,5-6,9H2. The van der Waals surface area contributed by atoms with E-state index >= 15 is 0 Å². The largest absolute Gasteiger partial charge is 0.306 e. The van der Waals surface area contributed by atoms with Gasteiger partial charge in [-0.1, -0.05) is 39.7 Å². The first-order valence-electron chi connectivity index (χ1n) is 6.48. The van der Waals surface area contributed by atoms with Crippen molar-refractivity contribution in [3.8, 4) is 0 Å². The van der Waals surface area contributed by atoms with Gasteiger partial charge < -0.3 is 5.32 Å². The highest BCUT2D eigenvalue weighted by Crippen LogP contribution is 2.37. The van der Waals surface area contributed by atoms with E-state index in [4.69, 9.17) is 11.6 Å². The van der Waals surface area contributed by atoms with Gasteiger partial charge in [0.25, 0.3) is 0 Å². The lowest BCUT2D eigenvalue weighted by Crippen LogP contribution is -2.23. The number of fused-ring (bicyclic) bond motifs is 1. The first-order valence-corrected chi connectivity index (χ1v) is 8.47. The molecule has 2 aromatic rings. The molecule has 3 rings (SSSR count). The van der Waals surface area contributed by atoms with Crippen LogP contribution in [-0.2, 0) is 13.0 Å². The summed E-state index contributed by atoms with van der Waals surface area (Å²) >= 11 is 11.4. The number of benzene rings is 1. The van der Waals surface area contributed by atoms with Crippen molar-refractivity contribution in [3.05, 3.63) is 55.1 Å². The quantitative estimate of drug-likeness (QED) is 0.783. The second-order valence-electron chi connectivity index (χ2n) is 4.88. The van der Waals surface area contributed by atoms with Crippen molar-refractivity contribution in [2.75, 3.05) is 0 Å². The zero-order chi connectivity index (χ0) is 13.2. The Bertz CT molecular complexity index is 581. The molecule has 0 amide bonds. The molecule has 0 saturated heterocycles. The Morgan fingerprint density at radius 1 is 1.37 bits per heavy atom. The third-order valence-electron chi connectivity index (χ3n) is 3.53. The van der Waals surface area contributed by atoms with Crippen LogP contribution in [0.1, 0.15) is 34.9 Å². The monoisotopic (exact) mass is 355 g/mol. The van der Waals surface area contributed by atoms with Crippen molar-refractivity contribution < 1.29 is 0 Å². The van der Waals surface area contributed by atoms with Crippen LogP contribution in [0.4, 0.5) is 0 Å². The molecule has 1 aliphatic rings. The zero-order valence-electron chi connectivity index (χ0n) is 10.5. The molecule has 1 atom stereocenters. The number of hydrogen-bond donors (Lipinski definition) is 1. The number of halogens is 2. The van der Waals surface area contributed by atoms with Crippen molar-refractivity contribution >= 4 is 38.9 Å². The highest BCUT2D eigenvalue weighted by atomic mass is 79.9. The van der Waals surface area contributed by atoms with E-state index in [1.165, 1.54) is 35.3 Å². The number of aryl methyl sites for hydroxylation is 1. The molecule has 0 saturated carbocycles. The van der Waals surface area contributed by atoms with Crippen LogP contribution in [0.25, 0.3) is 0 Å². The van der Waals surface area contributed by atoms with E-state index in [0.717, 1.165) is 15.4 Å². The molecule has 19 heavy (non-hydrogen) atoms. The van der Waals surface area contributed by atoms with Gasteiger partial charge in [-0.3, -0.25) is 0 Å². The Labute approximate surface area is 131 Å². The summed E-state index contributed by atoms with van der Waals surface area (Å²) in [6.45, 7) is 0.900. The summed E-state index contributed by atoms with van der Waals surface area (Å²) in [4.78, 5) is 1.46. The van der Waals surface area contributed by atoms with Gasteiger partial charge in [0.2, 0.25) is 0 Å². The summed E-state index contributed by atoms with van der Waals surface area (Å²) in [7, 11) is 0. The summed E-state index contributed by atoms with van der Waals surface area (Å²) in [5.41, 5.74) is 2.72. The van der Waals surface area contributed by atoms with Crippen LogP contribution in [-0.4, -0.2) is 0 Å². The molecule has 1 aromatic heterocycles. The summed E-state index contributed by atoms with van der Waals surface area (Å²) in [5.74, 6) is 0. The molecule has 1 aromatic carbocycles. The Kier molecular flexibility index (Phi) is 4.27. The van der Waals surface area contributed by atoms with Crippen LogP contribution in [0.3, 0.4) is 0 Å². The van der Waals surface area contributed by atoms with E-state index in [1.54, 1.807) is 11.3 Å². The Morgan fingerprint density at radius 2 is 2.26 bits per heavy atom. The molecule has 0 aliphatic heterocycles. The highest BCUT2D eigenvalue weighted by molar-refractivity contribution is 9.10. The maximum absolute atomic E-state index is 6.14. The molecule has 1 N–H and O–H groups in total. The molecular formula is C15H15BrClNS. The van der Waals surface area contributed by atoms with Crippen LogP contribution in [0.15, 0.2) is 34.8 Å². The highest BCUT2D eigenvalue weighted by Gasteiger charge is 2.22. The normalized spacial score (nSPS) is 18.3. The first kappa shape index (κ1) is 13.6. The Morgan fingerprint density at radius 3 is 3.11 bits per heavy atom. The summed E-state index contributed by atoms with van der Waals surface area (Å²) in [6.07, 6.45) is 3.63. The molecule has 0 radical (unpaired) electrons. The smallest absolute Gasteiger partial charge is 0.0934 e. The van der Waals surface area contributed by atoms with E-state index in [1.807, 2.05) is 0 Å². The molecule has 1 aliphatic carbocycles. The van der Waals surface area contributed by atoms with Gasteiger partial charge in [0.15, 0.2) is 0 Å². The van der Waals surface area contributed by atoms with Gasteiger partial charge in [0.1, 0.15) is 0 Å². The van der Waals surface area contributed by atoms with Crippen LogP contribution >= 0.6 is 38.9 Å². The average molecular weight is 357 g/mol. The fraction of sp³-hybridized carbons (Fsp3) is 0.333. The summed E-state index contributed by atoms with van der Waals surface area (Å²) in [5, 5.41) is 3.66. The minimum Gasteiger partial charge on any atom is -0.306 e. The molecular weight excluding hydrogens is 342 g/mol. The number of nitrogens with one attached hydrogen (secondary N) is 1. The molecule has 0 bridgehead atoms. The SMILES string of the molecule is Clc1cc2c(s1)CCCC2NCc1cccc(Br)c1. The lowest BCUT2D eigenvalue weighted by atomic mass is 9.94. The maximum Gasteiger partial charge on any atom is 0.0934 e. The van der Waals surface area contributed by atoms with E-state index < -0.39 is 0 Å². The van der Waals surface area contributed by atoms with Crippen LogP contribution < -0.4 is 5.32 Å². The van der Waals surface area contributed by atoms with Crippen LogP contribution in [0.2, 0.25) is 4.34 Å². The van der Waals surface area contributed by atoms with Gasteiger partial charge in [-0.15, -0.1) is 11.3 Å². The van der Waals surface area contributed by atoms with Gasteiger partial charge >= 0.3 is 0 Å². The fourth-order valence-corrected chi connectivity index (χ4v) is 4.45. The molecule has 100 valence electrons. The molecule has 0 spiro atoms. The van der Waals surface area contributed by atoms with Crippen molar-refractivity contribution in [2.24, 2.45) is 0 Å². The lowest BCUT2D eigenvalue weighted by molar-refractivity contribution is 0.463. The lowest BCUT2D eigenvalue weighted by Gasteiger charge is -2.23. The average Bonchev–Trinajstić information content (AvgIpc) is 2.77. The molecule has 1 nitrogen and oxygen atoms in total. The number of hydrogen-bond acceptors (Lipinski definition) is 2. The predicted molar refractivity (Wildman–Crippen MR) is 86.0 cm³/mol. The third-order valence-corrected chi connectivity index (χ3v) is 5.36. The summed E-state index contributed by atoms with van der Waals surface area (Å²) in [6, 6.07) is 11.0. The van der Waals surface area contributed by atoms with E-state index in [0.29, 0.717) is 6.04 Å².